The highest BCUT2D eigenvalue weighted by Gasteiger charge is 2.34. The molecule has 5 nitrogen and oxygen atoms in total. The van der Waals surface area contributed by atoms with E-state index in [1.54, 1.807) is 26.4 Å². The second-order valence-corrected chi connectivity index (χ2v) is 6.24. The normalized spacial score (nSPS) is 18.9. The van der Waals surface area contributed by atoms with Crippen LogP contribution in [0.25, 0.3) is 0 Å². The van der Waals surface area contributed by atoms with Crippen LogP contribution in [0.2, 0.25) is 0 Å². The van der Waals surface area contributed by atoms with Gasteiger partial charge in [-0.25, -0.2) is 0 Å². The lowest BCUT2D eigenvalue weighted by Gasteiger charge is -2.36. The van der Waals surface area contributed by atoms with Gasteiger partial charge in [-0.05, 0) is 12.3 Å². The Bertz CT molecular complexity index is 496. The molecule has 7 heteroatoms. The maximum absolute atomic E-state index is 9.88. The highest BCUT2D eigenvalue weighted by molar-refractivity contribution is 5.85. The SMILES string of the molecule is COc1cc(O)cc(OC)c1[C@H](CC1CC1)N1CCNCC1.Cl.Cl. The van der Waals surface area contributed by atoms with E-state index in [4.69, 9.17) is 9.47 Å². The summed E-state index contributed by atoms with van der Waals surface area (Å²) in [5.74, 6) is 2.44. The fraction of sp³-hybridized carbons (Fsp3) is 0.647. The van der Waals surface area contributed by atoms with Crippen molar-refractivity contribution in [1.29, 1.82) is 0 Å². The Morgan fingerprint density at radius 2 is 1.67 bits per heavy atom. The van der Waals surface area contributed by atoms with Crippen molar-refractivity contribution in [2.45, 2.75) is 25.3 Å². The zero-order valence-corrected chi connectivity index (χ0v) is 15.9. The predicted molar refractivity (Wildman–Crippen MR) is 100 cm³/mol. The molecular weight excluding hydrogens is 351 g/mol. The van der Waals surface area contributed by atoms with Crippen molar-refractivity contribution in [3.8, 4) is 17.2 Å². The van der Waals surface area contributed by atoms with Gasteiger partial charge in [0.1, 0.15) is 17.2 Å². The number of hydrogen-bond donors (Lipinski definition) is 2. The Hall–Kier alpha value is -0.880. The van der Waals surface area contributed by atoms with Gasteiger partial charge in [0, 0.05) is 44.4 Å². The molecule has 3 rings (SSSR count). The number of ether oxygens (including phenoxy) is 2. The van der Waals surface area contributed by atoms with Crippen LogP contribution in [-0.2, 0) is 0 Å². The lowest BCUT2D eigenvalue weighted by molar-refractivity contribution is 0.154. The fourth-order valence-electron chi connectivity index (χ4n) is 3.37. The van der Waals surface area contributed by atoms with Gasteiger partial charge in [0.15, 0.2) is 0 Å². The molecule has 1 saturated heterocycles. The van der Waals surface area contributed by atoms with Gasteiger partial charge >= 0.3 is 0 Å². The Morgan fingerprint density at radius 3 is 2.12 bits per heavy atom. The molecule has 138 valence electrons. The molecule has 0 aromatic heterocycles. The van der Waals surface area contributed by atoms with E-state index in [2.05, 4.69) is 10.2 Å². The Labute approximate surface area is 156 Å². The summed E-state index contributed by atoms with van der Waals surface area (Å²) < 4.78 is 11.1. The minimum absolute atomic E-state index is 0. The van der Waals surface area contributed by atoms with Gasteiger partial charge in [-0.2, -0.15) is 0 Å². The number of nitrogens with one attached hydrogen (secondary N) is 1. The third-order valence-corrected chi connectivity index (χ3v) is 4.71. The predicted octanol–water partition coefficient (Wildman–Crippen LogP) is 3.00. The van der Waals surface area contributed by atoms with Crippen molar-refractivity contribution < 1.29 is 14.6 Å². The molecule has 2 N–H and O–H groups in total. The summed E-state index contributed by atoms with van der Waals surface area (Å²) in [6.07, 6.45) is 3.79. The summed E-state index contributed by atoms with van der Waals surface area (Å²) in [5, 5.41) is 13.3. The van der Waals surface area contributed by atoms with Crippen LogP contribution >= 0.6 is 24.8 Å². The molecule has 1 saturated carbocycles. The van der Waals surface area contributed by atoms with E-state index in [9.17, 15) is 5.11 Å². The van der Waals surface area contributed by atoms with Crippen LogP contribution in [0, 0.1) is 5.92 Å². The zero-order chi connectivity index (χ0) is 15.5. The largest absolute Gasteiger partial charge is 0.508 e. The molecule has 1 aliphatic heterocycles. The van der Waals surface area contributed by atoms with Gasteiger partial charge < -0.3 is 19.9 Å². The van der Waals surface area contributed by atoms with Crippen molar-refractivity contribution in [2.24, 2.45) is 5.92 Å². The molecule has 0 radical (unpaired) electrons. The van der Waals surface area contributed by atoms with Gasteiger partial charge in [0.2, 0.25) is 0 Å². The molecule has 2 fully saturated rings. The van der Waals surface area contributed by atoms with Crippen molar-refractivity contribution in [2.75, 3.05) is 40.4 Å². The molecule has 1 atom stereocenters. The van der Waals surface area contributed by atoms with E-state index in [0.717, 1.165) is 55.6 Å². The van der Waals surface area contributed by atoms with Gasteiger partial charge in [0.05, 0.1) is 19.8 Å². The Kier molecular flexibility index (Phi) is 8.43. The first-order chi connectivity index (χ1) is 10.7. The van der Waals surface area contributed by atoms with Gasteiger partial charge in [-0.15, -0.1) is 24.8 Å². The molecule has 1 aromatic carbocycles. The maximum Gasteiger partial charge on any atom is 0.131 e. The number of nitrogens with zero attached hydrogens (tertiary/aromatic N) is 1. The molecule has 0 unspecified atom stereocenters. The van der Waals surface area contributed by atoms with Crippen LogP contribution in [0.4, 0.5) is 0 Å². The molecule has 0 spiro atoms. The third-order valence-electron chi connectivity index (χ3n) is 4.71. The number of halogens is 2. The molecule has 1 aromatic rings. The quantitative estimate of drug-likeness (QED) is 0.796. The number of methoxy groups -OCH3 is 2. The highest BCUT2D eigenvalue weighted by Crippen LogP contribution is 2.46. The summed E-state index contributed by atoms with van der Waals surface area (Å²) in [5.41, 5.74) is 1.08. The van der Waals surface area contributed by atoms with E-state index >= 15 is 0 Å². The highest BCUT2D eigenvalue weighted by atomic mass is 35.5. The Morgan fingerprint density at radius 1 is 1.12 bits per heavy atom. The summed E-state index contributed by atoms with van der Waals surface area (Å²) in [4.78, 5) is 2.52. The van der Waals surface area contributed by atoms with Crippen molar-refractivity contribution in [1.82, 2.24) is 10.2 Å². The molecule has 24 heavy (non-hydrogen) atoms. The second-order valence-electron chi connectivity index (χ2n) is 6.24. The van der Waals surface area contributed by atoms with Crippen LogP contribution in [0.5, 0.6) is 17.2 Å². The van der Waals surface area contributed by atoms with Crippen molar-refractivity contribution >= 4 is 24.8 Å². The number of piperazine rings is 1. The molecule has 1 heterocycles. The minimum atomic E-state index is 0. The van der Waals surface area contributed by atoms with Crippen LogP contribution < -0.4 is 14.8 Å². The lowest BCUT2D eigenvalue weighted by atomic mass is 9.96. The summed E-state index contributed by atoms with van der Waals surface area (Å²) in [7, 11) is 3.31. The van der Waals surface area contributed by atoms with Crippen LogP contribution in [0.3, 0.4) is 0 Å². The topological polar surface area (TPSA) is 54.0 Å². The van der Waals surface area contributed by atoms with Gasteiger partial charge in [0.25, 0.3) is 0 Å². The van der Waals surface area contributed by atoms with Crippen molar-refractivity contribution in [3.05, 3.63) is 17.7 Å². The van der Waals surface area contributed by atoms with Crippen molar-refractivity contribution in [3.63, 3.8) is 0 Å². The van der Waals surface area contributed by atoms with E-state index in [1.807, 2.05) is 0 Å². The first-order valence-corrected chi connectivity index (χ1v) is 8.12. The third kappa shape index (κ3) is 4.82. The van der Waals surface area contributed by atoms with E-state index in [-0.39, 0.29) is 30.6 Å². The Balaban J connectivity index is 0.00000144. The molecular formula is C17H28Cl2N2O3. The van der Waals surface area contributed by atoms with Crippen LogP contribution in [0.1, 0.15) is 30.9 Å². The van der Waals surface area contributed by atoms with E-state index in [1.165, 1.54) is 12.8 Å². The summed E-state index contributed by atoms with van der Waals surface area (Å²) >= 11 is 0. The lowest BCUT2D eigenvalue weighted by Crippen LogP contribution is -2.45. The summed E-state index contributed by atoms with van der Waals surface area (Å²) in [6.45, 7) is 4.10. The summed E-state index contributed by atoms with van der Waals surface area (Å²) in [6, 6.07) is 3.68. The first kappa shape index (κ1) is 21.2. The maximum atomic E-state index is 9.88. The number of hydrogen-bond acceptors (Lipinski definition) is 5. The fourth-order valence-corrected chi connectivity index (χ4v) is 3.37. The molecule has 0 bridgehead atoms. The number of phenols is 1. The zero-order valence-electron chi connectivity index (χ0n) is 14.3. The standard InChI is InChI=1S/C17H26N2O3.2ClH/c1-21-15-10-13(20)11-16(22-2)17(15)14(9-12-3-4-12)19-7-5-18-6-8-19;;/h10-12,14,18,20H,3-9H2,1-2H3;2*1H/t14-;;/m0../s1. The number of benzene rings is 1. The van der Waals surface area contributed by atoms with Crippen LogP contribution in [0.15, 0.2) is 12.1 Å². The smallest absolute Gasteiger partial charge is 0.131 e. The van der Waals surface area contributed by atoms with Gasteiger partial charge in [-0.3, -0.25) is 4.90 Å². The van der Waals surface area contributed by atoms with E-state index in [0.29, 0.717) is 6.04 Å². The van der Waals surface area contributed by atoms with E-state index < -0.39 is 0 Å². The molecule has 1 aliphatic carbocycles. The number of aromatic hydroxyl groups is 1. The minimum Gasteiger partial charge on any atom is -0.508 e. The molecule has 0 amide bonds. The number of phenolic OH excluding ortho intramolecular Hbond substituents is 1. The average molecular weight is 379 g/mol. The monoisotopic (exact) mass is 378 g/mol. The van der Waals surface area contributed by atoms with Gasteiger partial charge in [-0.1, -0.05) is 12.8 Å². The average Bonchev–Trinajstić information content (AvgIpc) is 3.37. The number of rotatable bonds is 6. The second kappa shape index (κ2) is 9.56. The van der Waals surface area contributed by atoms with Crippen LogP contribution in [-0.4, -0.2) is 50.4 Å². The first-order valence-electron chi connectivity index (χ1n) is 8.12. The molecule has 2 aliphatic rings.